The molecule has 1 fully saturated rings. The summed E-state index contributed by atoms with van der Waals surface area (Å²) in [6, 6.07) is 3.23. The fourth-order valence-electron chi connectivity index (χ4n) is 2.00. The second-order valence-electron chi connectivity index (χ2n) is 4.47. The Labute approximate surface area is 104 Å². The lowest BCUT2D eigenvalue weighted by molar-refractivity contribution is -0.0158. The summed E-state index contributed by atoms with van der Waals surface area (Å²) in [5.41, 5.74) is 0.202. The van der Waals surface area contributed by atoms with Crippen LogP contribution in [-0.4, -0.2) is 43.0 Å². The summed E-state index contributed by atoms with van der Waals surface area (Å²) < 4.78 is 31.1. The molecule has 1 saturated heterocycles. The molecule has 0 N–H and O–H groups in total. The largest absolute Gasteiger partial charge is 0.376 e. The standard InChI is InChI=1S/C13H15F2NO2/c1-9-7-16(4-5-18-9)8-13(17)10-2-3-11(14)12(15)6-10/h2-3,6,9H,4-5,7-8H2,1H3. The highest BCUT2D eigenvalue weighted by molar-refractivity contribution is 5.97. The zero-order chi connectivity index (χ0) is 13.1. The van der Waals surface area contributed by atoms with Crippen LogP contribution in [0.2, 0.25) is 0 Å². The maximum absolute atomic E-state index is 13.0. The van der Waals surface area contributed by atoms with Gasteiger partial charge in [-0.25, -0.2) is 8.78 Å². The van der Waals surface area contributed by atoms with E-state index in [4.69, 9.17) is 4.74 Å². The third-order valence-corrected chi connectivity index (χ3v) is 2.93. The molecular formula is C13H15F2NO2. The number of carbonyl (C=O) groups is 1. The molecule has 5 heteroatoms. The lowest BCUT2D eigenvalue weighted by atomic mass is 10.1. The minimum atomic E-state index is -0.990. The molecule has 1 unspecified atom stereocenters. The Bertz CT molecular complexity index is 451. The molecular weight excluding hydrogens is 240 g/mol. The number of halogens is 2. The van der Waals surface area contributed by atoms with Crippen LogP contribution >= 0.6 is 0 Å². The van der Waals surface area contributed by atoms with Gasteiger partial charge in [0.15, 0.2) is 17.4 Å². The molecule has 0 saturated carbocycles. The number of morpholine rings is 1. The van der Waals surface area contributed by atoms with Gasteiger partial charge in [0, 0.05) is 18.7 Å². The number of ketones is 1. The molecule has 3 nitrogen and oxygen atoms in total. The van der Waals surface area contributed by atoms with Crippen LogP contribution in [0.5, 0.6) is 0 Å². The van der Waals surface area contributed by atoms with Gasteiger partial charge in [-0.2, -0.15) is 0 Å². The fourth-order valence-corrected chi connectivity index (χ4v) is 2.00. The molecule has 0 aliphatic carbocycles. The summed E-state index contributed by atoms with van der Waals surface area (Å²) in [6.45, 7) is 4.09. The predicted octanol–water partition coefficient (Wildman–Crippen LogP) is 1.87. The minimum Gasteiger partial charge on any atom is -0.376 e. The number of benzene rings is 1. The van der Waals surface area contributed by atoms with E-state index in [1.54, 1.807) is 0 Å². The molecule has 98 valence electrons. The van der Waals surface area contributed by atoms with E-state index in [1.165, 1.54) is 6.07 Å². The van der Waals surface area contributed by atoms with Crippen LogP contribution in [0.1, 0.15) is 17.3 Å². The minimum absolute atomic E-state index is 0.0940. The van der Waals surface area contributed by atoms with Crippen molar-refractivity contribution >= 4 is 5.78 Å². The van der Waals surface area contributed by atoms with Crippen molar-refractivity contribution in [3.63, 3.8) is 0 Å². The lowest BCUT2D eigenvalue weighted by Crippen LogP contribution is -2.43. The Morgan fingerprint density at radius 2 is 2.22 bits per heavy atom. The highest BCUT2D eigenvalue weighted by atomic mass is 19.2. The maximum atomic E-state index is 13.0. The summed E-state index contributed by atoms with van der Waals surface area (Å²) in [5.74, 6) is -2.13. The zero-order valence-electron chi connectivity index (χ0n) is 10.2. The van der Waals surface area contributed by atoms with Crippen molar-refractivity contribution in [2.75, 3.05) is 26.2 Å². The molecule has 1 aromatic rings. The normalized spacial score (nSPS) is 20.9. The fraction of sp³-hybridized carbons (Fsp3) is 0.462. The molecule has 1 aliphatic heterocycles. The Morgan fingerprint density at radius 3 is 2.89 bits per heavy atom. The molecule has 1 atom stereocenters. The van der Waals surface area contributed by atoms with E-state index in [1.807, 2.05) is 11.8 Å². The molecule has 0 spiro atoms. The molecule has 0 amide bonds. The van der Waals surface area contributed by atoms with Gasteiger partial charge in [0.25, 0.3) is 0 Å². The first-order chi connectivity index (χ1) is 8.56. The number of hydrogen-bond donors (Lipinski definition) is 0. The van der Waals surface area contributed by atoms with Crippen molar-refractivity contribution < 1.29 is 18.3 Å². The number of rotatable bonds is 3. The summed E-state index contributed by atoms with van der Waals surface area (Å²) in [7, 11) is 0. The Balaban J connectivity index is 2.00. The smallest absolute Gasteiger partial charge is 0.176 e. The van der Waals surface area contributed by atoms with E-state index < -0.39 is 11.6 Å². The summed E-state index contributed by atoms with van der Waals surface area (Å²) >= 11 is 0. The van der Waals surface area contributed by atoms with Crippen molar-refractivity contribution in [2.24, 2.45) is 0 Å². The van der Waals surface area contributed by atoms with E-state index >= 15 is 0 Å². The predicted molar refractivity (Wildman–Crippen MR) is 62.5 cm³/mol. The van der Waals surface area contributed by atoms with Gasteiger partial charge >= 0.3 is 0 Å². The molecule has 0 aromatic heterocycles. The van der Waals surface area contributed by atoms with E-state index in [-0.39, 0.29) is 24.0 Å². The van der Waals surface area contributed by atoms with Gasteiger partial charge in [0.2, 0.25) is 0 Å². The van der Waals surface area contributed by atoms with Gasteiger partial charge < -0.3 is 4.74 Å². The summed E-state index contributed by atoms with van der Waals surface area (Å²) in [6.07, 6.45) is 0.0940. The molecule has 18 heavy (non-hydrogen) atoms. The van der Waals surface area contributed by atoms with Gasteiger partial charge in [-0.05, 0) is 25.1 Å². The van der Waals surface area contributed by atoms with Crippen LogP contribution in [0.4, 0.5) is 8.78 Å². The molecule has 0 bridgehead atoms. The van der Waals surface area contributed by atoms with Crippen LogP contribution in [0.25, 0.3) is 0 Å². The number of nitrogens with zero attached hydrogens (tertiary/aromatic N) is 1. The van der Waals surface area contributed by atoms with Crippen molar-refractivity contribution in [3.05, 3.63) is 35.4 Å². The van der Waals surface area contributed by atoms with Crippen molar-refractivity contribution in [1.82, 2.24) is 4.90 Å². The summed E-state index contributed by atoms with van der Waals surface area (Å²) in [4.78, 5) is 13.9. The topological polar surface area (TPSA) is 29.5 Å². The number of ether oxygens (including phenoxy) is 1. The van der Waals surface area contributed by atoms with Gasteiger partial charge in [0.1, 0.15) is 0 Å². The third-order valence-electron chi connectivity index (χ3n) is 2.93. The highest BCUT2D eigenvalue weighted by Gasteiger charge is 2.20. The molecule has 0 radical (unpaired) electrons. The Kier molecular flexibility index (Phi) is 4.04. The van der Waals surface area contributed by atoms with E-state index in [0.29, 0.717) is 19.7 Å². The van der Waals surface area contributed by atoms with Gasteiger partial charge in [0.05, 0.1) is 19.3 Å². The van der Waals surface area contributed by atoms with Crippen LogP contribution in [0.3, 0.4) is 0 Å². The highest BCUT2D eigenvalue weighted by Crippen LogP contribution is 2.11. The van der Waals surface area contributed by atoms with Crippen molar-refractivity contribution in [3.8, 4) is 0 Å². The van der Waals surface area contributed by atoms with E-state index in [9.17, 15) is 13.6 Å². The second-order valence-corrected chi connectivity index (χ2v) is 4.47. The quantitative estimate of drug-likeness (QED) is 0.772. The van der Waals surface area contributed by atoms with Gasteiger partial charge in [-0.1, -0.05) is 0 Å². The second kappa shape index (κ2) is 5.54. The van der Waals surface area contributed by atoms with Crippen molar-refractivity contribution in [1.29, 1.82) is 0 Å². The zero-order valence-corrected chi connectivity index (χ0v) is 10.2. The average Bonchev–Trinajstić information content (AvgIpc) is 2.32. The first-order valence-electron chi connectivity index (χ1n) is 5.88. The van der Waals surface area contributed by atoms with Crippen LogP contribution in [0, 0.1) is 11.6 Å². The maximum Gasteiger partial charge on any atom is 0.176 e. The first kappa shape index (κ1) is 13.1. The molecule has 1 aromatic carbocycles. The number of Topliss-reactive ketones (excluding diaryl/α,β-unsaturated/α-hetero) is 1. The van der Waals surface area contributed by atoms with Crippen LogP contribution in [-0.2, 0) is 4.74 Å². The Hall–Kier alpha value is -1.33. The SMILES string of the molecule is CC1CN(CC(=O)c2ccc(F)c(F)c2)CCO1. The van der Waals surface area contributed by atoms with E-state index in [0.717, 1.165) is 12.1 Å². The molecule has 2 rings (SSSR count). The molecule has 1 aliphatic rings. The third kappa shape index (κ3) is 3.11. The van der Waals surface area contributed by atoms with Gasteiger partial charge in [-0.15, -0.1) is 0 Å². The van der Waals surface area contributed by atoms with Gasteiger partial charge in [-0.3, -0.25) is 9.69 Å². The Morgan fingerprint density at radius 1 is 1.44 bits per heavy atom. The lowest BCUT2D eigenvalue weighted by Gasteiger charge is -2.30. The van der Waals surface area contributed by atoms with Crippen molar-refractivity contribution in [2.45, 2.75) is 13.0 Å². The van der Waals surface area contributed by atoms with Crippen LogP contribution < -0.4 is 0 Å². The van der Waals surface area contributed by atoms with E-state index in [2.05, 4.69) is 0 Å². The molecule has 1 heterocycles. The monoisotopic (exact) mass is 255 g/mol. The number of carbonyl (C=O) groups excluding carboxylic acids is 1. The number of hydrogen-bond acceptors (Lipinski definition) is 3. The summed E-state index contributed by atoms with van der Waals surface area (Å²) in [5, 5.41) is 0. The first-order valence-corrected chi connectivity index (χ1v) is 5.88. The van der Waals surface area contributed by atoms with Crippen LogP contribution in [0.15, 0.2) is 18.2 Å². The average molecular weight is 255 g/mol.